The molecule has 0 aliphatic rings. The highest BCUT2D eigenvalue weighted by Crippen LogP contribution is 2.24. The Labute approximate surface area is 111 Å². The van der Waals surface area contributed by atoms with E-state index in [2.05, 4.69) is 0 Å². The number of aliphatic hydroxyl groups is 1. The first-order chi connectivity index (χ1) is 8.50. The maximum Gasteiger partial charge on any atom is 0.329 e. The molecule has 18 heavy (non-hydrogen) atoms. The third-order valence-corrected chi connectivity index (χ3v) is 4.18. The van der Waals surface area contributed by atoms with Crippen molar-refractivity contribution in [3.05, 3.63) is 35.9 Å². The van der Waals surface area contributed by atoms with Gasteiger partial charge in [0, 0.05) is 12.4 Å². The van der Waals surface area contributed by atoms with Crippen molar-refractivity contribution < 1.29 is 15.0 Å². The first kappa shape index (κ1) is 15.0. The lowest BCUT2D eigenvalue weighted by atomic mass is 9.93. The van der Waals surface area contributed by atoms with Crippen molar-refractivity contribution >= 4 is 17.7 Å². The van der Waals surface area contributed by atoms with Gasteiger partial charge < -0.3 is 15.9 Å². The van der Waals surface area contributed by atoms with E-state index in [9.17, 15) is 9.90 Å². The molecule has 0 spiro atoms. The van der Waals surface area contributed by atoms with E-state index in [4.69, 9.17) is 10.8 Å². The van der Waals surface area contributed by atoms with Gasteiger partial charge in [-0.25, -0.2) is 4.79 Å². The van der Waals surface area contributed by atoms with E-state index in [0.29, 0.717) is 11.3 Å². The summed E-state index contributed by atoms with van der Waals surface area (Å²) in [7, 11) is 0. The zero-order chi connectivity index (χ0) is 13.6. The van der Waals surface area contributed by atoms with E-state index < -0.39 is 11.5 Å². The summed E-state index contributed by atoms with van der Waals surface area (Å²) < 4.78 is 0. The molecule has 0 aliphatic carbocycles. The number of rotatable bonds is 7. The van der Waals surface area contributed by atoms with Crippen LogP contribution in [0.2, 0.25) is 0 Å². The normalized spacial score (nSPS) is 15.9. The first-order valence-corrected chi connectivity index (χ1v) is 6.92. The number of hydrogen-bond donors (Lipinski definition) is 3. The topological polar surface area (TPSA) is 83.5 Å². The summed E-state index contributed by atoms with van der Waals surface area (Å²) in [4.78, 5) is 11.4. The Kier molecular flexibility index (Phi) is 5.65. The van der Waals surface area contributed by atoms with Gasteiger partial charge in [0.05, 0.1) is 0 Å². The molecule has 4 nitrogen and oxygen atoms in total. The molecule has 0 heterocycles. The summed E-state index contributed by atoms with van der Waals surface area (Å²) in [5.74, 6) is 0.0911. The second-order valence-electron chi connectivity index (χ2n) is 4.45. The fraction of sp³-hybridized carbons (Fsp3) is 0.462. The van der Waals surface area contributed by atoms with Crippen LogP contribution in [0, 0.1) is 5.92 Å². The van der Waals surface area contributed by atoms with Crippen molar-refractivity contribution in [2.45, 2.75) is 12.5 Å². The smallest absolute Gasteiger partial charge is 0.329 e. The van der Waals surface area contributed by atoms with E-state index in [1.165, 1.54) is 11.8 Å². The van der Waals surface area contributed by atoms with E-state index in [1.807, 2.05) is 13.0 Å². The van der Waals surface area contributed by atoms with Gasteiger partial charge in [0.15, 0.2) is 0 Å². The van der Waals surface area contributed by atoms with Crippen LogP contribution in [0.25, 0.3) is 0 Å². The van der Waals surface area contributed by atoms with Crippen LogP contribution in [0.3, 0.4) is 0 Å². The molecule has 0 saturated heterocycles. The molecule has 0 aliphatic heterocycles. The standard InChI is InChI=1S/C13H19NO3S/c1-10(7-15)8-18-9-13(14,12(16)17)11-5-3-2-4-6-11/h2-6,10,15H,7-9,14H2,1H3,(H,16,17). The van der Waals surface area contributed by atoms with E-state index in [1.54, 1.807) is 24.3 Å². The molecule has 0 fully saturated rings. The van der Waals surface area contributed by atoms with E-state index in [-0.39, 0.29) is 18.3 Å². The van der Waals surface area contributed by atoms with E-state index in [0.717, 1.165) is 0 Å². The van der Waals surface area contributed by atoms with Crippen molar-refractivity contribution in [2.24, 2.45) is 11.7 Å². The predicted molar refractivity (Wildman–Crippen MR) is 73.5 cm³/mol. The number of aliphatic hydroxyl groups excluding tert-OH is 1. The summed E-state index contributed by atoms with van der Waals surface area (Å²) in [6.07, 6.45) is 0. The van der Waals surface area contributed by atoms with Gasteiger partial charge in [-0.15, -0.1) is 0 Å². The maximum absolute atomic E-state index is 11.4. The molecule has 5 heteroatoms. The minimum absolute atomic E-state index is 0.100. The molecule has 1 rings (SSSR count). The van der Waals surface area contributed by atoms with Crippen LogP contribution in [-0.4, -0.2) is 34.3 Å². The highest BCUT2D eigenvalue weighted by molar-refractivity contribution is 7.99. The first-order valence-electron chi connectivity index (χ1n) is 5.77. The molecule has 0 saturated carbocycles. The number of carboxylic acid groups (broad SMARTS) is 1. The molecule has 0 aromatic heterocycles. The van der Waals surface area contributed by atoms with Crippen LogP contribution in [0.4, 0.5) is 0 Å². The molecule has 2 unspecified atom stereocenters. The third-order valence-electron chi connectivity index (χ3n) is 2.71. The number of aliphatic carboxylic acids is 1. The largest absolute Gasteiger partial charge is 0.480 e. The van der Waals surface area contributed by atoms with Crippen LogP contribution in [0.5, 0.6) is 0 Å². The molecule has 1 aromatic carbocycles. The lowest BCUT2D eigenvalue weighted by molar-refractivity contribution is -0.142. The molecule has 100 valence electrons. The van der Waals surface area contributed by atoms with Crippen LogP contribution in [-0.2, 0) is 10.3 Å². The summed E-state index contributed by atoms with van der Waals surface area (Å²) in [6.45, 7) is 2.01. The molecular formula is C13H19NO3S. The Morgan fingerprint density at radius 2 is 2.06 bits per heavy atom. The SMILES string of the molecule is CC(CO)CSCC(N)(C(=O)O)c1ccccc1. The average molecular weight is 269 g/mol. The summed E-state index contributed by atoms with van der Waals surface area (Å²) >= 11 is 1.45. The average Bonchev–Trinajstić information content (AvgIpc) is 2.39. The van der Waals surface area contributed by atoms with Crippen molar-refractivity contribution in [1.29, 1.82) is 0 Å². The van der Waals surface area contributed by atoms with E-state index >= 15 is 0 Å². The minimum Gasteiger partial charge on any atom is -0.480 e. The lowest BCUT2D eigenvalue weighted by Gasteiger charge is -2.25. The second-order valence-corrected chi connectivity index (χ2v) is 5.48. The fourth-order valence-electron chi connectivity index (χ4n) is 1.48. The summed E-state index contributed by atoms with van der Waals surface area (Å²) in [5, 5.41) is 18.3. The minimum atomic E-state index is -1.37. The number of carboxylic acids is 1. The molecule has 1 aromatic rings. The molecule has 0 bridgehead atoms. The lowest BCUT2D eigenvalue weighted by Crippen LogP contribution is -2.47. The van der Waals surface area contributed by atoms with Gasteiger partial charge in [-0.3, -0.25) is 0 Å². The maximum atomic E-state index is 11.4. The predicted octanol–water partition coefficient (Wildman–Crippen LogP) is 1.29. The van der Waals surface area contributed by atoms with Crippen molar-refractivity contribution in [2.75, 3.05) is 18.1 Å². The Morgan fingerprint density at radius 1 is 1.44 bits per heavy atom. The van der Waals surface area contributed by atoms with Crippen molar-refractivity contribution in [3.63, 3.8) is 0 Å². The quantitative estimate of drug-likeness (QED) is 0.694. The zero-order valence-electron chi connectivity index (χ0n) is 10.4. The van der Waals surface area contributed by atoms with Crippen molar-refractivity contribution in [1.82, 2.24) is 0 Å². The van der Waals surface area contributed by atoms with Crippen LogP contribution >= 0.6 is 11.8 Å². The van der Waals surface area contributed by atoms with Crippen molar-refractivity contribution in [3.8, 4) is 0 Å². The van der Waals surface area contributed by atoms with Gasteiger partial charge in [-0.1, -0.05) is 37.3 Å². The van der Waals surface area contributed by atoms with Crippen LogP contribution in [0.1, 0.15) is 12.5 Å². The van der Waals surface area contributed by atoms with Crippen LogP contribution < -0.4 is 5.73 Å². The monoisotopic (exact) mass is 269 g/mol. The Balaban J connectivity index is 2.73. The number of thioether (sulfide) groups is 1. The Morgan fingerprint density at radius 3 is 2.56 bits per heavy atom. The summed E-state index contributed by atoms with van der Waals surface area (Å²) in [5.41, 5.74) is 5.23. The van der Waals surface area contributed by atoms with Gasteiger partial charge in [0.2, 0.25) is 0 Å². The highest BCUT2D eigenvalue weighted by Gasteiger charge is 2.35. The summed E-state index contributed by atoms with van der Waals surface area (Å²) in [6, 6.07) is 8.84. The second kappa shape index (κ2) is 6.78. The highest BCUT2D eigenvalue weighted by atomic mass is 32.2. The van der Waals surface area contributed by atoms with Gasteiger partial charge in [0.1, 0.15) is 5.54 Å². The third kappa shape index (κ3) is 3.73. The van der Waals surface area contributed by atoms with Gasteiger partial charge in [0.25, 0.3) is 0 Å². The number of benzene rings is 1. The molecule has 0 amide bonds. The van der Waals surface area contributed by atoms with Gasteiger partial charge in [-0.05, 0) is 17.2 Å². The zero-order valence-corrected chi connectivity index (χ0v) is 11.2. The molecule has 0 radical (unpaired) electrons. The van der Waals surface area contributed by atoms with Crippen LogP contribution in [0.15, 0.2) is 30.3 Å². The molecule has 2 atom stereocenters. The van der Waals surface area contributed by atoms with Gasteiger partial charge >= 0.3 is 5.97 Å². The molecule has 4 N–H and O–H groups in total. The Hall–Kier alpha value is -1.04. The number of hydrogen-bond acceptors (Lipinski definition) is 4. The number of carbonyl (C=O) groups is 1. The Bertz CT molecular complexity index is 385. The van der Waals surface area contributed by atoms with Gasteiger partial charge in [-0.2, -0.15) is 11.8 Å². The fourth-order valence-corrected chi connectivity index (χ4v) is 2.72. The molecular weight excluding hydrogens is 250 g/mol. The number of nitrogens with two attached hydrogens (primary N) is 1.